The lowest BCUT2D eigenvalue weighted by Crippen LogP contribution is -2.24. The number of aliphatic hydroxyl groups is 3. The standard InChI is InChI=1S/C14H16FN3O4.C12H14FN3O3.C11H12FN3O4/c1-3-8-4-10(21-7(2)19)14(22-8)18-5-9(15)11-12(18)16-6-17-13(11)20;1-2-6-3-8(17)12(19-6)16-4-7(13)9-10(16)14-5-15-11(9)18;12-6-2-15(9-8(6)10(18)14-4-13-9)11-7(17)1-5(3-16)19-11/h5-6,8,10,14H,3-4H2,1-2H3,(H,16,17,20);4-6,8,12,17H,2-3H2,1H3,(H,14,15,18);2,4-5,7,11,16-17H,1,3H2,(H,13,14,18)/t8-,10-,14-;6-,8-,12-;5-,7+,11+/m110/s1. The Hall–Kier alpha value is -5.72. The lowest BCUT2D eigenvalue weighted by atomic mass is 10.1. The predicted molar refractivity (Wildman–Crippen MR) is 202 cm³/mol. The van der Waals surface area contributed by atoms with E-state index in [-0.39, 0.29) is 58.3 Å². The highest BCUT2D eigenvalue weighted by Crippen LogP contribution is 2.36. The zero-order valence-electron chi connectivity index (χ0n) is 32.3. The Bertz CT molecular complexity index is 2560. The first-order valence-corrected chi connectivity index (χ1v) is 19.1. The zero-order valence-corrected chi connectivity index (χ0v) is 32.3. The van der Waals surface area contributed by atoms with Crippen LogP contribution in [0.1, 0.15) is 71.6 Å². The van der Waals surface area contributed by atoms with Crippen molar-refractivity contribution in [2.24, 2.45) is 0 Å². The molecule has 0 saturated carbocycles. The van der Waals surface area contributed by atoms with E-state index in [1.165, 1.54) is 33.3 Å². The highest BCUT2D eigenvalue weighted by Gasteiger charge is 2.40. The molecule has 3 aliphatic rings. The second-order valence-corrected chi connectivity index (χ2v) is 14.4. The fourth-order valence-electron chi connectivity index (χ4n) is 7.61. The Morgan fingerprint density at radius 3 is 1.42 bits per heavy atom. The first-order chi connectivity index (χ1) is 28.7. The molecule has 3 fully saturated rings. The molecule has 20 nitrogen and oxygen atoms in total. The fourth-order valence-corrected chi connectivity index (χ4v) is 7.61. The van der Waals surface area contributed by atoms with Gasteiger partial charge >= 0.3 is 5.97 Å². The van der Waals surface area contributed by atoms with Crippen LogP contribution in [0.25, 0.3) is 33.1 Å². The van der Waals surface area contributed by atoms with Gasteiger partial charge in [0.05, 0.1) is 43.9 Å². The van der Waals surface area contributed by atoms with Gasteiger partial charge in [-0.25, -0.2) is 28.1 Å². The van der Waals surface area contributed by atoms with Crippen molar-refractivity contribution < 1.29 is 52.2 Å². The van der Waals surface area contributed by atoms with E-state index < -0.39 is 83.2 Å². The van der Waals surface area contributed by atoms with Gasteiger partial charge in [0, 0.05) is 44.8 Å². The molecule has 0 spiro atoms. The number of hydrogen-bond donors (Lipinski definition) is 6. The Balaban J connectivity index is 0.000000137. The van der Waals surface area contributed by atoms with Crippen molar-refractivity contribution in [1.29, 1.82) is 0 Å². The van der Waals surface area contributed by atoms with Crippen LogP contribution in [0.5, 0.6) is 0 Å². The van der Waals surface area contributed by atoms with Crippen LogP contribution in [0, 0.1) is 17.5 Å². The van der Waals surface area contributed by atoms with E-state index in [9.17, 15) is 42.6 Å². The Kier molecular flexibility index (Phi) is 12.4. The van der Waals surface area contributed by atoms with Gasteiger partial charge in [0.1, 0.15) is 34.5 Å². The summed E-state index contributed by atoms with van der Waals surface area (Å²) in [7, 11) is 0. The van der Waals surface area contributed by atoms with E-state index in [1.807, 2.05) is 13.8 Å². The minimum atomic E-state index is -0.895. The van der Waals surface area contributed by atoms with Gasteiger partial charge in [0.2, 0.25) is 0 Å². The molecule has 0 amide bonds. The Morgan fingerprint density at radius 2 is 1.05 bits per heavy atom. The van der Waals surface area contributed by atoms with Crippen molar-refractivity contribution in [2.75, 3.05) is 6.61 Å². The Morgan fingerprint density at radius 1 is 0.683 bits per heavy atom. The van der Waals surface area contributed by atoms with E-state index in [0.29, 0.717) is 12.8 Å². The van der Waals surface area contributed by atoms with Gasteiger partial charge in [-0.3, -0.25) is 23.7 Å². The lowest BCUT2D eigenvalue weighted by molar-refractivity contribution is -0.152. The molecule has 9 heterocycles. The molecule has 0 aromatic carbocycles. The summed E-state index contributed by atoms with van der Waals surface area (Å²) in [6.45, 7) is 4.99. The van der Waals surface area contributed by atoms with Crippen LogP contribution < -0.4 is 16.7 Å². The van der Waals surface area contributed by atoms with Crippen LogP contribution in [0.3, 0.4) is 0 Å². The third kappa shape index (κ3) is 8.10. The molecule has 0 aliphatic carbocycles. The molecule has 0 unspecified atom stereocenters. The Labute approximate surface area is 335 Å². The second kappa shape index (κ2) is 17.5. The second-order valence-electron chi connectivity index (χ2n) is 14.4. The van der Waals surface area contributed by atoms with Crippen molar-refractivity contribution in [3.05, 3.63) is 86.1 Å². The van der Waals surface area contributed by atoms with E-state index in [4.69, 9.17) is 24.1 Å². The molecule has 9 atom stereocenters. The third-order valence-corrected chi connectivity index (χ3v) is 10.4. The summed E-state index contributed by atoms with van der Waals surface area (Å²) < 4.78 is 67.9. The first kappa shape index (κ1) is 42.4. The maximum atomic E-state index is 14.0. The molecule has 60 heavy (non-hydrogen) atoms. The van der Waals surface area contributed by atoms with Gasteiger partial charge in [0.25, 0.3) is 16.7 Å². The predicted octanol–water partition coefficient (Wildman–Crippen LogP) is 1.92. The van der Waals surface area contributed by atoms with Crippen LogP contribution in [-0.4, -0.2) is 108 Å². The number of nitrogens with zero attached hydrogens (tertiary/aromatic N) is 6. The highest BCUT2D eigenvalue weighted by atomic mass is 19.1. The fraction of sp³-hybridized carbons (Fsp3) is 0.486. The number of nitrogens with one attached hydrogen (secondary N) is 3. The molecule has 6 aromatic heterocycles. The average molecular weight is 846 g/mol. The first-order valence-electron chi connectivity index (χ1n) is 19.1. The van der Waals surface area contributed by atoms with Gasteiger partial charge in [-0.05, 0) is 12.8 Å². The molecule has 3 aliphatic heterocycles. The molecule has 9 rings (SSSR count). The number of aliphatic hydroxyl groups excluding tert-OH is 3. The maximum absolute atomic E-state index is 14.0. The minimum absolute atomic E-state index is 0.0671. The summed E-state index contributed by atoms with van der Waals surface area (Å²) in [6.07, 6.45) is 4.59. The molecule has 6 N–H and O–H groups in total. The normalized spacial score (nSPS) is 26.3. The van der Waals surface area contributed by atoms with Crippen LogP contribution >= 0.6 is 0 Å². The molecule has 6 aromatic rings. The number of hydrogen-bond acceptors (Lipinski definition) is 14. The van der Waals surface area contributed by atoms with Gasteiger partial charge in [-0.2, -0.15) is 0 Å². The van der Waals surface area contributed by atoms with Crippen molar-refractivity contribution in [2.45, 2.75) is 108 Å². The highest BCUT2D eigenvalue weighted by molar-refractivity contribution is 5.77. The van der Waals surface area contributed by atoms with Crippen LogP contribution in [-0.2, 0) is 23.7 Å². The number of esters is 1. The number of aromatic amines is 3. The summed E-state index contributed by atoms with van der Waals surface area (Å²) >= 11 is 0. The van der Waals surface area contributed by atoms with E-state index >= 15 is 0 Å². The number of ether oxygens (including phenoxy) is 4. The molecule has 3 saturated heterocycles. The van der Waals surface area contributed by atoms with Gasteiger partial charge in [-0.15, -0.1) is 0 Å². The molecular weight excluding hydrogens is 803 g/mol. The molecule has 0 bridgehead atoms. The number of H-pyrrole nitrogens is 3. The minimum Gasteiger partial charge on any atom is -0.458 e. The monoisotopic (exact) mass is 845 g/mol. The van der Waals surface area contributed by atoms with Crippen molar-refractivity contribution in [1.82, 2.24) is 43.6 Å². The average Bonchev–Trinajstić information content (AvgIpc) is 4.07. The maximum Gasteiger partial charge on any atom is 0.303 e. The summed E-state index contributed by atoms with van der Waals surface area (Å²) in [4.78, 5) is 65.0. The molecule has 322 valence electrons. The molecule has 23 heteroatoms. The largest absolute Gasteiger partial charge is 0.458 e. The van der Waals surface area contributed by atoms with Gasteiger partial charge < -0.3 is 58.4 Å². The summed E-state index contributed by atoms with van der Waals surface area (Å²) in [5.74, 6) is -2.51. The van der Waals surface area contributed by atoms with E-state index in [2.05, 4.69) is 29.9 Å². The van der Waals surface area contributed by atoms with Crippen LogP contribution in [0.2, 0.25) is 0 Å². The summed E-state index contributed by atoms with van der Waals surface area (Å²) in [5.41, 5.74) is -1.24. The lowest BCUT2D eigenvalue weighted by Gasteiger charge is -2.20. The number of aromatic nitrogens is 9. The zero-order chi connectivity index (χ0) is 43.0. The van der Waals surface area contributed by atoms with E-state index in [0.717, 1.165) is 37.8 Å². The van der Waals surface area contributed by atoms with Gasteiger partial charge in [0.15, 0.2) is 53.1 Å². The topological polar surface area (TPSA) is 267 Å². The van der Waals surface area contributed by atoms with Gasteiger partial charge in [-0.1, -0.05) is 13.8 Å². The van der Waals surface area contributed by atoms with Crippen molar-refractivity contribution >= 4 is 39.1 Å². The molecular formula is C37H42F3N9O11. The SMILES string of the molecule is CC[C@@H]1C[C@@H](O)[C@H](n2cc(F)c3c(=O)[nH]cnc32)O1.CC[C@@H]1C[C@@H](OC(C)=O)[C@H](n2cc(F)c3c(=O)[nH]cnc32)O1.O=c1[nH]cnc2c1c(F)cn2[C@@H]1O[C@H](CO)C[C@H]1O. The van der Waals surface area contributed by atoms with Crippen LogP contribution in [0.4, 0.5) is 13.2 Å². The number of rotatable bonds is 7. The van der Waals surface area contributed by atoms with E-state index in [1.54, 1.807) is 0 Å². The quantitative estimate of drug-likeness (QED) is 0.126. The number of halogens is 3. The third-order valence-electron chi connectivity index (χ3n) is 10.4. The molecule has 0 radical (unpaired) electrons. The smallest absolute Gasteiger partial charge is 0.303 e. The number of fused-ring (bicyclic) bond motifs is 3. The summed E-state index contributed by atoms with van der Waals surface area (Å²) in [5, 5.41) is 28.5. The van der Waals surface area contributed by atoms with Crippen molar-refractivity contribution in [3.63, 3.8) is 0 Å². The number of carbonyl (C=O) groups is 1. The van der Waals surface area contributed by atoms with Crippen LogP contribution in [0.15, 0.2) is 52.0 Å². The van der Waals surface area contributed by atoms with Crippen molar-refractivity contribution in [3.8, 4) is 0 Å². The number of carbonyl (C=O) groups excluding carboxylic acids is 1. The summed E-state index contributed by atoms with van der Waals surface area (Å²) in [6, 6.07) is 0.